The number of amides is 1. The number of nitrogens with one attached hydrogen (secondary N) is 2. The van der Waals surface area contributed by atoms with Crippen LogP contribution >= 0.6 is 0 Å². The van der Waals surface area contributed by atoms with Crippen molar-refractivity contribution in [3.05, 3.63) is 24.3 Å². The lowest BCUT2D eigenvalue weighted by Gasteiger charge is -2.37. The van der Waals surface area contributed by atoms with Crippen LogP contribution < -0.4 is 10.6 Å². The van der Waals surface area contributed by atoms with E-state index in [1.165, 1.54) is 32.6 Å². The third kappa shape index (κ3) is 2.80. The predicted molar refractivity (Wildman–Crippen MR) is 82.0 cm³/mol. The molecule has 2 N–H and O–H groups in total. The zero-order valence-corrected chi connectivity index (χ0v) is 12.2. The molecule has 2 aliphatic rings. The second-order valence-corrected chi connectivity index (χ2v) is 6.13. The van der Waals surface area contributed by atoms with Crippen LogP contribution in [0.5, 0.6) is 0 Å². The van der Waals surface area contributed by atoms with E-state index in [0.29, 0.717) is 6.04 Å². The molecule has 2 atom stereocenters. The third-order valence-electron chi connectivity index (χ3n) is 4.65. The molecule has 20 heavy (non-hydrogen) atoms. The van der Waals surface area contributed by atoms with Crippen LogP contribution in [0.25, 0.3) is 0 Å². The van der Waals surface area contributed by atoms with E-state index in [9.17, 15) is 4.79 Å². The molecular weight excluding hydrogens is 250 g/mol. The molecular formula is C16H23N3O. The summed E-state index contributed by atoms with van der Waals surface area (Å²) in [6, 6.07) is 10.0. The molecule has 0 saturated carbocycles. The van der Waals surface area contributed by atoms with Gasteiger partial charge in [0.1, 0.15) is 0 Å². The number of nitrogens with zero attached hydrogens (tertiary/aromatic N) is 1. The van der Waals surface area contributed by atoms with E-state index >= 15 is 0 Å². The molecule has 2 heterocycles. The lowest BCUT2D eigenvalue weighted by molar-refractivity contribution is -0.114. The Hall–Kier alpha value is -1.55. The van der Waals surface area contributed by atoms with Crippen LogP contribution in [0.1, 0.15) is 32.6 Å². The second kappa shape index (κ2) is 5.44. The number of rotatable bonds is 3. The number of fused-ring (bicyclic) bond motifs is 2. The number of carbonyl (C=O) groups is 1. The first-order chi connectivity index (χ1) is 9.61. The number of hydrogen-bond donors (Lipinski definition) is 2. The summed E-state index contributed by atoms with van der Waals surface area (Å²) in [7, 11) is 2.26. The van der Waals surface area contributed by atoms with Gasteiger partial charge in [-0.3, -0.25) is 4.79 Å². The molecule has 2 fully saturated rings. The van der Waals surface area contributed by atoms with Gasteiger partial charge < -0.3 is 15.5 Å². The van der Waals surface area contributed by atoms with Crippen molar-refractivity contribution in [1.29, 1.82) is 0 Å². The molecule has 3 rings (SSSR count). The molecule has 0 spiro atoms. The molecule has 0 aromatic heterocycles. The van der Waals surface area contributed by atoms with Crippen molar-refractivity contribution in [3.8, 4) is 0 Å². The van der Waals surface area contributed by atoms with E-state index < -0.39 is 0 Å². The first-order valence-corrected chi connectivity index (χ1v) is 7.48. The van der Waals surface area contributed by atoms with Crippen molar-refractivity contribution < 1.29 is 4.79 Å². The van der Waals surface area contributed by atoms with E-state index in [-0.39, 0.29) is 5.91 Å². The highest BCUT2D eigenvalue weighted by Crippen LogP contribution is 2.35. The summed E-state index contributed by atoms with van der Waals surface area (Å²) in [5.74, 6) is -0.0283. The quantitative estimate of drug-likeness (QED) is 0.890. The number of carbonyl (C=O) groups excluding carboxylic acids is 1. The molecule has 2 bridgehead atoms. The fraction of sp³-hybridized carbons (Fsp3) is 0.562. The minimum Gasteiger partial charge on any atom is -0.382 e. The van der Waals surface area contributed by atoms with Crippen LogP contribution in [0.4, 0.5) is 11.4 Å². The smallest absolute Gasteiger partial charge is 0.221 e. The van der Waals surface area contributed by atoms with Crippen molar-refractivity contribution in [2.45, 2.75) is 50.7 Å². The maximum Gasteiger partial charge on any atom is 0.221 e. The highest BCUT2D eigenvalue weighted by atomic mass is 16.1. The summed E-state index contributed by atoms with van der Waals surface area (Å²) in [6.45, 7) is 1.54. The summed E-state index contributed by atoms with van der Waals surface area (Å²) in [6.07, 6.45) is 5.12. The van der Waals surface area contributed by atoms with E-state index in [1.807, 2.05) is 18.2 Å². The maximum atomic E-state index is 11.1. The highest BCUT2D eigenvalue weighted by molar-refractivity contribution is 5.89. The molecule has 2 unspecified atom stereocenters. The van der Waals surface area contributed by atoms with E-state index in [1.54, 1.807) is 0 Å². The SMILES string of the molecule is CC(=O)Nc1cccc(NC2CC3CCC(C2)N3C)c1. The summed E-state index contributed by atoms with van der Waals surface area (Å²) in [5.41, 5.74) is 1.96. The van der Waals surface area contributed by atoms with Crippen molar-refractivity contribution in [2.75, 3.05) is 17.7 Å². The van der Waals surface area contributed by atoms with Gasteiger partial charge in [-0.1, -0.05) is 6.07 Å². The summed E-state index contributed by atoms with van der Waals surface area (Å²) >= 11 is 0. The Morgan fingerprint density at radius 1 is 1.20 bits per heavy atom. The van der Waals surface area contributed by atoms with E-state index in [2.05, 4.69) is 28.6 Å². The minimum absolute atomic E-state index is 0.0283. The standard InChI is InChI=1S/C16H23N3O/c1-11(20)17-12-4-3-5-13(8-12)18-14-9-15-6-7-16(10-14)19(15)2/h3-5,8,14-16,18H,6-7,9-10H2,1-2H3,(H,17,20). The van der Waals surface area contributed by atoms with Crippen LogP contribution in [0.2, 0.25) is 0 Å². The minimum atomic E-state index is -0.0283. The van der Waals surface area contributed by atoms with Gasteiger partial charge in [-0.2, -0.15) is 0 Å². The normalized spacial score (nSPS) is 29.2. The van der Waals surface area contributed by atoms with Gasteiger partial charge in [-0.05, 0) is 50.9 Å². The van der Waals surface area contributed by atoms with Crippen LogP contribution in [-0.2, 0) is 4.79 Å². The van der Waals surface area contributed by atoms with Gasteiger partial charge in [0.25, 0.3) is 0 Å². The molecule has 108 valence electrons. The predicted octanol–water partition coefficient (Wildman–Crippen LogP) is 2.68. The fourth-order valence-electron chi connectivity index (χ4n) is 3.66. The lowest BCUT2D eigenvalue weighted by atomic mass is 9.98. The van der Waals surface area contributed by atoms with Crippen molar-refractivity contribution in [2.24, 2.45) is 0 Å². The topological polar surface area (TPSA) is 44.4 Å². The van der Waals surface area contributed by atoms with Crippen molar-refractivity contribution in [3.63, 3.8) is 0 Å². The first kappa shape index (κ1) is 13.4. The van der Waals surface area contributed by atoms with Gasteiger partial charge in [-0.25, -0.2) is 0 Å². The monoisotopic (exact) mass is 273 g/mol. The fourth-order valence-corrected chi connectivity index (χ4v) is 3.66. The average Bonchev–Trinajstić information content (AvgIpc) is 2.61. The Morgan fingerprint density at radius 3 is 2.50 bits per heavy atom. The second-order valence-electron chi connectivity index (χ2n) is 6.13. The van der Waals surface area contributed by atoms with E-state index in [4.69, 9.17) is 0 Å². The summed E-state index contributed by atoms with van der Waals surface area (Å²) < 4.78 is 0. The largest absolute Gasteiger partial charge is 0.382 e. The Balaban J connectivity index is 1.65. The molecule has 2 saturated heterocycles. The Bertz CT molecular complexity index is 488. The third-order valence-corrected chi connectivity index (χ3v) is 4.65. The summed E-state index contributed by atoms with van der Waals surface area (Å²) in [4.78, 5) is 13.7. The van der Waals surface area contributed by atoms with Gasteiger partial charge in [-0.15, -0.1) is 0 Å². The highest BCUT2D eigenvalue weighted by Gasteiger charge is 2.38. The molecule has 1 aromatic rings. The van der Waals surface area contributed by atoms with Crippen LogP contribution in [0.15, 0.2) is 24.3 Å². The number of hydrogen-bond acceptors (Lipinski definition) is 3. The number of anilines is 2. The lowest BCUT2D eigenvalue weighted by Crippen LogP contribution is -2.44. The molecule has 4 nitrogen and oxygen atoms in total. The zero-order chi connectivity index (χ0) is 14.1. The molecule has 1 amide bonds. The average molecular weight is 273 g/mol. The first-order valence-electron chi connectivity index (χ1n) is 7.48. The Morgan fingerprint density at radius 2 is 1.85 bits per heavy atom. The summed E-state index contributed by atoms with van der Waals surface area (Å²) in [5, 5.41) is 6.47. The number of piperidine rings is 1. The van der Waals surface area contributed by atoms with Gasteiger partial charge in [0.15, 0.2) is 0 Å². The Labute approximate surface area is 120 Å². The van der Waals surface area contributed by atoms with E-state index in [0.717, 1.165) is 23.5 Å². The molecule has 4 heteroatoms. The molecule has 2 aliphatic heterocycles. The van der Waals surface area contributed by atoms with Crippen molar-refractivity contribution in [1.82, 2.24) is 4.90 Å². The Kier molecular flexibility index (Phi) is 3.66. The zero-order valence-electron chi connectivity index (χ0n) is 12.2. The van der Waals surface area contributed by atoms with Gasteiger partial charge in [0.05, 0.1) is 0 Å². The van der Waals surface area contributed by atoms with Crippen molar-refractivity contribution >= 4 is 17.3 Å². The maximum absolute atomic E-state index is 11.1. The molecule has 1 aromatic carbocycles. The van der Waals surface area contributed by atoms with Gasteiger partial charge >= 0.3 is 0 Å². The molecule has 0 radical (unpaired) electrons. The van der Waals surface area contributed by atoms with Crippen LogP contribution in [0, 0.1) is 0 Å². The number of benzene rings is 1. The van der Waals surface area contributed by atoms with Crippen LogP contribution in [0.3, 0.4) is 0 Å². The van der Waals surface area contributed by atoms with Gasteiger partial charge in [0.2, 0.25) is 5.91 Å². The van der Waals surface area contributed by atoms with Crippen LogP contribution in [-0.4, -0.2) is 36.0 Å². The molecule has 0 aliphatic carbocycles. The van der Waals surface area contributed by atoms with Gasteiger partial charge in [0, 0.05) is 36.4 Å².